The molecule has 27 heavy (non-hydrogen) atoms. The number of nitrogens with one attached hydrogen (secondary N) is 2. The molecular weight excluding hydrogens is 340 g/mol. The van der Waals surface area contributed by atoms with Crippen LogP contribution >= 0.6 is 0 Å². The van der Waals surface area contributed by atoms with Gasteiger partial charge in [-0.15, -0.1) is 0 Å². The van der Waals surface area contributed by atoms with Crippen LogP contribution in [0.1, 0.15) is 35.4 Å². The standard InChI is InChI=1S/C20H30N6O/c1-14-5-6-19(23-13-14)26-11-8-17(9-12-26)24-20(21-4)22-10-7-18-15(2)25-27-16(18)3/h5-6,13,17H,7-12H2,1-4H3,(H2,21,22,24). The van der Waals surface area contributed by atoms with Gasteiger partial charge in [-0.2, -0.15) is 0 Å². The molecule has 0 bridgehead atoms. The van der Waals surface area contributed by atoms with Gasteiger partial charge >= 0.3 is 0 Å². The second-order valence-electron chi connectivity index (χ2n) is 7.15. The zero-order chi connectivity index (χ0) is 19.2. The lowest BCUT2D eigenvalue weighted by Crippen LogP contribution is -2.49. The first kappa shape index (κ1) is 19.2. The molecule has 0 atom stereocenters. The van der Waals surface area contributed by atoms with Crippen molar-refractivity contribution in [2.24, 2.45) is 4.99 Å². The molecule has 7 heteroatoms. The number of pyridine rings is 1. The Bertz CT molecular complexity index is 740. The predicted octanol–water partition coefficient (Wildman–Crippen LogP) is 2.37. The van der Waals surface area contributed by atoms with Gasteiger partial charge in [-0.3, -0.25) is 4.99 Å². The summed E-state index contributed by atoms with van der Waals surface area (Å²) >= 11 is 0. The van der Waals surface area contributed by atoms with Crippen LogP contribution < -0.4 is 15.5 Å². The zero-order valence-electron chi connectivity index (χ0n) is 16.7. The molecule has 2 aromatic rings. The average Bonchev–Trinajstić information content (AvgIpc) is 3.00. The maximum absolute atomic E-state index is 5.22. The number of anilines is 1. The Morgan fingerprint density at radius 2 is 2.04 bits per heavy atom. The number of aromatic nitrogens is 2. The molecule has 1 fully saturated rings. The van der Waals surface area contributed by atoms with Crippen molar-refractivity contribution in [1.29, 1.82) is 0 Å². The summed E-state index contributed by atoms with van der Waals surface area (Å²) in [5.41, 5.74) is 3.34. The number of aryl methyl sites for hydroxylation is 3. The van der Waals surface area contributed by atoms with Gasteiger partial charge in [0.2, 0.25) is 0 Å². The smallest absolute Gasteiger partial charge is 0.191 e. The molecule has 146 valence electrons. The van der Waals surface area contributed by atoms with Crippen LogP contribution in [0, 0.1) is 20.8 Å². The van der Waals surface area contributed by atoms with Gasteiger partial charge in [-0.1, -0.05) is 11.2 Å². The Morgan fingerprint density at radius 3 is 2.63 bits per heavy atom. The van der Waals surface area contributed by atoms with Crippen molar-refractivity contribution < 1.29 is 4.52 Å². The minimum Gasteiger partial charge on any atom is -0.361 e. The van der Waals surface area contributed by atoms with E-state index in [-0.39, 0.29) is 0 Å². The monoisotopic (exact) mass is 370 g/mol. The molecule has 3 rings (SSSR count). The molecular formula is C20H30N6O. The summed E-state index contributed by atoms with van der Waals surface area (Å²) in [6.07, 6.45) is 4.95. The van der Waals surface area contributed by atoms with Gasteiger partial charge in [-0.05, 0) is 51.7 Å². The van der Waals surface area contributed by atoms with Gasteiger partial charge in [0.15, 0.2) is 5.96 Å². The minimum absolute atomic E-state index is 0.428. The molecule has 0 aliphatic carbocycles. The van der Waals surface area contributed by atoms with Crippen molar-refractivity contribution in [3.8, 4) is 0 Å². The van der Waals surface area contributed by atoms with Gasteiger partial charge < -0.3 is 20.1 Å². The number of rotatable bonds is 5. The molecule has 2 N–H and O–H groups in total. The third kappa shape index (κ3) is 4.99. The Kier molecular flexibility index (Phi) is 6.32. The molecule has 0 spiro atoms. The molecule has 0 aromatic carbocycles. The highest BCUT2D eigenvalue weighted by Gasteiger charge is 2.21. The zero-order valence-corrected chi connectivity index (χ0v) is 16.7. The first-order valence-electron chi connectivity index (χ1n) is 9.63. The fourth-order valence-corrected chi connectivity index (χ4v) is 3.45. The van der Waals surface area contributed by atoms with Crippen LogP contribution in [-0.2, 0) is 6.42 Å². The van der Waals surface area contributed by atoms with Crippen LogP contribution in [-0.4, -0.2) is 48.8 Å². The lowest BCUT2D eigenvalue weighted by molar-refractivity contribution is 0.392. The van der Waals surface area contributed by atoms with E-state index in [1.165, 1.54) is 11.1 Å². The molecule has 0 unspecified atom stereocenters. The number of guanidine groups is 1. The lowest BCUT2D eigenvalue weighted by atomic mass is 10.1. The summed E-state index contributed by atoms with van der Waals surface area (Å²) in [5, 5.41) is 11.0. The van der Waals surface area contributed by atoms with E-state index in [2.05, 4.69) is 49.7 Å². The van der Waals surface area contributed by atoms with Crippen molar-refractivity contribution in [3.05, 3.63) is 40.9 Å². The number of piperidine rings is 1. The van der Waals surface area contributed by atoms with Crippen LogP contribution in [0.15, 0.2) is 27.8 Å². The number of nitrogens with zero attached hydrogens (tertiary/aromatic N) is 4. The van der Waals surface area contributed by atoms with E-state index in [9.17, 15) is 0 Å². The summed E-state index contributed by atoms with van der Waals surface area (Å²) in [4.78, 5) is 11.3. The van der Waals surface area contributed by atoms with Crippen LogP contribution in [0.25, 0.3) is 0 Å². The molecule has 2 aromatic heterocycles. The van der Waals surface area contributed by atoms with E-state index in [0.717, 1.165) is 62.1 Å². The van der Waals surface area contributed by atoms with Crippen molar-refractivity contribution in [1.82, 2.24) is 20.8 Å². The number of aliphatic imine (C=N–C) groups is 1. The first-order valence-corrected chi connectivity index (χ1v) is 9.63. The normalized spacial score (nSPS) is 15.9. The Morgan fingerprint density at radius 1 is 1.26 bits per heavy atom. The Labute approximate surface area is 161 Å². The van der Waals surface area contributed by atoms with E-state index in [0.29, 0.717) is 6.04 Å². The molecule has 1 aliphatic rings. The number of hydrogen-bond donors (Lipinski definition) is 2. The van der Waals surface area contributed by atoms with E-state index in [4.69, 9.17) is 4.52 Å². The van der Waals surface area contributed by atoms with Crippen molar-refractivity contribution in [2.75, 3.05) is 31.6 Å². The van der Waals surface area contributed by atoms with E-state index >= 15 is 0 Å². The molecule has 0 amide bonds. The van der Waals surface area contributed by atoms with Gasteiger partial charge in [-0.25, -0.2) is 4.98 Å². The quantitative estimate of drug-likeness (QED) is 0.621. The fourth-order valence-electron chi connectivity index (χ4n) is 3.45. The maximum Gasteiger partial charge on any atom is 0.191 e. The van der Waals surface area contributed by atoms with Crippen LogP contribution in [0.2, 0.25) is 0 Å². The molecule has 3 heterocycles. The summed E-state index contributed by atoms with van der Waals surface area (Å²) in [5.74, 6) is 2.82. The highest BCUT2D eigenvalue weighted by atomic mass is 16.5. The summed E-state index contributed by atoms with van der Waals surface area (Å²) < 4.78 is 5.22. The highest BCUT2D eigenvalue weighted by Crippen LogP contribution is 2.18. The molecule has 7 nitrogen and oxygen atoms in total. The average molecular weight is 371 g/mol. The van der Waals surface area contributed by atoms with Gasteiger partial charge in [0.25, 0.3) is 0 Å². The second kappa shape index (κ2) is 8.88. The number of hydrogen-bond acceptors (Lipinski definition) is 5. The SMILES string of the molecule is CN=C(NCCc1c(C)noc1C)NC1CCN(c2ccc(C)cn2)CC1. The topological polar surface area (TPSA) is 78.6 Å². The van der Waals surface area contributed by atoms with E-state index in [1.807, 2.05) is 27.1 Å². The van der Waals surface area contributed by atoms with Crippen molar-refractivity contribution in [3.63, 3.8) is 0 Å². The third-order valence-electron chi connectivity index (χ3n) is 5.13. The van der Waals surface area contributed by atoms with Crippen LogP contribution in [0.4, 0.5) is 5.82 Å². The Hall–Kier alpha value is -2.57. The predicted molar refractivity (Wildman–Crippen MR) is 108 cm³/mol. The van der Waals surface area contributed by atoms with Gasteiger partial charge in [0.1, 0.15) is 11.6 Å². The summed E-state index contributed by atoms with van der Waals surface area (Å²) in [6.45, 7) is 8.81. The van der Waals surface area contributed by atoms with Crippen molar-refractivity contribution >= 4 is 11.8 Å². The largest absolute Gasteiger partial charge is 0.361 e. The fraction of sp³-hybridized carbons (Fsp3) is 0.550. The maximum atomic E-state index is 5.22. The summed E-state index contributed by atoms with van der Waals surface area (Å²) in [6, 6.07) is 4.66. The molecule has 0 radical (unpaired) electrons. The third-order valence-corrected chi connectivity index (χ3v) is 5.13. The molecule has 1 aliphatic heterocycles. The van der Waals surface area contributed by atoms with Crippen molar-refractivity contribution in [2.45, 2.75) is 46.1 Å². The lowest BCUT2D eigenvalue weighted by Gasteiger charge is -2.33. The van der Waals surface area contributed by atoms with Crippen LogP contribution in [0.5, 0.6) is 0 Å². The van der Waals surface area contributed by atoms with Crippen LogP contribution in [0.3, 0.4) is 0 Å². The molecule has 0 saturated carbocycles. The minimum atomic E-state index is 0.428. The first-order chi connectivity index (χ1) is 13.1. The van der Waals surface area contributed by atoms with Gasteiger partial charge in [0.05, 0.1) is 5.69 Å². The Balaban J connectivity index is 1.43. The molecule has 1 saturated heterocycles. The second-order valence-corrected chi connectivity index (χ2v) is 7.15. The van der Waals surface area contributed by atoms with Gasteiger partial charge in [0, 0.05) is 44.5 Å². The highest BCUT2D eigenvalue weighted by molar-refractivity contribution is 5.80. The summed E-state index contributed by atoms with van der Waals surface area (Å²) in [7, 11) is 1.82. The van der Waals surface area contributed by atoms with E-state index < -0.39 is 0 Å². The van der Waals surface area contributed by atoms with E-state index in [1.54, 1.807) is 0 Å².